The summed E-state index contributed by atoms with van der Waals surface area (Å²) in [5.41, 5.74) is 1.57. The van der Waals surface area contributed by atoms with Crippen molar-refractivity contribution in [2.75, 3.05) is 33.0 Å². The second kappa shape index (κ2) is 7.61. The molecular formula is C14H19N3O4. The van der Waals surface area contributed by atoms with Crippen LogP contribution in [-0.2, 0) is 9.53 Å². The van der Waals surface area contributed by atoms with E-state index in [-0.39, 0.29) is 25.7 Å². The van der Waals surface area contributed by atoms with Crippen molar-refractivity contribution in [1.82, 2.24) is 14.7 Å². The number of rotatable bonds is 8. The Labute approximate surface area is 122 Å². The molecule has 0 spiro atoms. The van der Waals surface area contributed by atoms with Gasteiger partial charge < -0.3 is 24.3 Å². The Morgan fingerprint density at radius 2 is 2.33 bits per heavy atom. The molecule has 2 aromatic heterocycles. The van der Waals surface area contributed by atoms with E-state index in [2.05, 4.69) is 10.3 Å². The molecule has 2 N–H and O–H groups in total. The Morgan fingerprint density at radius 1 is 1.48 bits per heavy atom. The lowest BCUT2D eigenvalue weighted by atomic mass is 10.4. The lowest BCUT2D eigenvalue weighted by molar-refractivity contribution is -0.123. The number of carbonyl (C=O) groups excluding carboxylic acids is 1. The highest BCUT2D eigenvalue weighted by atomic mass is 16.5. The van der Waals surface area contributed by atoms with Gasteiger partial charge in [0, 0.05) is 18.9 Å². The fourth-order valence-corrected chi connectivity index (χ4v) is 1.85. The van der Waals surface area contributed by atoms with E-state index in [0.717, 1.165) is 5.69 Å². The second-order valence-corrected chi connectivity index (χ2v) is 4.46. The van der Waals surface area contributed by atoms with Gasteiger partial charge in [0.2, 0.25) is 0 Å². The summed E-state index contributed by atoms with van der Waals surface area (Å²) in [7, 11) is 0. The summed E-state index contributed by atoms with van der Waals surface area (Å²) in [5.74, 6) is 0.338. The smallest absolute Gasteiger partial charge is 0.258 e. The van der Waals surface area contributed by atoms with Crippen LogP contribution in [-0.4, -0.2) is 53.4 Å². The molecule has 0 saturated heterocycles. The lowest BCUT2D eigenvalue weighted by Gasteiger charge is -2.08. The zero-order valence-corrected chi connectivity index (χ0v) is 11.9. The Bertz CT molecular complexity index is 597. The molecule has 0 fully saturated rings. The largest absolute Gasteiger partial charge is 0.480 e. The number of hydrogen-bond donors (Lipinski definition) is 2. The van der Waals surface area contributed by atoms with Crippen LogP contribution in [0.4, 0.5) is 0 Å². The molecule has 0 aromatic carbocycles. The van der Waals surface area contributed by atoms with Gasteiger partial charge in [0.1, 0.15) is 0 Å². The molecule has 0 unspecified atom stereocenters. The van der Waals surface area contributed by atoms with Crippen molar-refractivity contribution in [3.63, 3.8) is 0 Å². The van der Waals surface area contributed by atoms with E-state index in [9.17, 15) is 4.79 Å². The van der Waals surface area contributed by atoms with E-state index in [1.54, 1.807) is 6.07 Å². The highest BCUT2D eigenvalue weighted by molar-refractivity contribution is 5.77. The number of nitrogens with one attached hydrogen (secondary N) is 1. The van der Waals surface area contributed by atoms with E-state index in [1.807, 2.05) is 29.8 Å². The van der Waals surface area contributed by atoms with E-state index < -0.39 is 0 Å². The lowest BCUT2D eigenvalue weighted by Crippen LogP contribution is -2.31. The van der Waals surface area contributed by atoms with Crippen molar-refractivity contribution in [2.45, 2.75) is 6.92 Å². The number of carbonyl (C=O) groups is 1. The molecule has 21 heavy (non-hydrogen) atoms. The third-order valence-corrected chi connectivity index (χ3v) is 2.73. The minimum atomic E-state index is -0.229. The van der Waals surface area contributed by atoms with Crippen molar-refractivity contribution < 1.29 is 19.4 Å². The highest BCUT2D eigenvalue weighted by Crippen LogP contribution is 2.18. The van der Waals surface area contributed by atoms with Crippen molar-refractivity contribution in [3.8, 4) is 5.75 Å². The van der Waals surface area contributed by atoms with E-state index in [4.69, 9.17) is 14.6 Å². The van der Waals surface area contributed by atoms with Gasteiger partial charge >= 0.3 is 0 Å². The predicted molar refractivity (Wildman–Crippen MR) is 76.3 cm³/mol. The SMILES string of the molecule is Cc1cn2cccc(OCC(=O)NCCOCCO)c2n1. The number of aromatic nitrogens is 2. The number of fused-ring (bicyclic) bond motifs is 1. The molecule has 1 amide bonds. The number of ether oxygens (including phenoxy) is 2. The first-order valence-corrected chi connectivity index (χ1v) is 6.73. The number of nitrogens with zero attached hydrogens (tertiary/aromatic N) is 2. The first kappa shape index (κ1) is 15.3. The maximum Gasteiger partial charge on any atom is 0.258 e. The van der Waals surface area contributed by atoms with Crippen LogP contribution in [0.15, 0.2) is 24.5 Å². The number of aliphatic hydroxyl groups is 1. The quantitative estimate of drug-likeness (QED) is 0.677. The molecule has 2 heterocycles. The zero-order chi connectivity index (χ0) is 15.1. The molecule has 2 aromatic rings. The Hall–Kier alpha value is -2.12. The number of amides is 1. The van der Waals surface area contributed by atoms with Crippen LogP contribution >= 0.6 is 0 Å². The first-order chi connectivity index (χ1) is 10.2. The average molecular weight is 293 g/mol. The molecule has 0 bridgehead atoms. The van der Waals surface area contributed by atoms with Crippen LogP contribution in [0.2, 0.25) is 0 Å². The van der Waals surface area contributed by atoms with E-state index in [1.165, 1.54) is 0 Å². The molecule has 0 radical (unpaired) electrons. The normalized spacial score (nSPS) is 10.8. The molecular weight excluding hydrogens is 274 g/mol. The Balaban J connectivity index is 1.80. The van der Waals surface area contributed by atoms with Crippen molar-refractivity contribution >= 4 is 11.6 Å². The van der Waals surface area contributed by atoms with Crippen LogP contribution in [0, 0.1) is 6.92 Å². The highest BCUT2D eigenvalue weighted by Gasteiger charge is 2.07. The van der Waals surface area contributed by atoms with Gasteiger partial charge in [-0.15, -0.1) is 0 Å². The van der Waals surface area contributed by atoms with Crippen LogP contribution in [0.3, 0.4) is 0 Å². The molecule has 0 atom stereocenters. The van der Waals surface area contributed by atoms with Gasteiger partial charge in [-0.25, -0.2) is 4.98 Å². The Morgan fingerprint density at radius 3 is 3.14 bits per heavy atom. The molecule has 0 aliphatic rings. The summed E-state index contributed by atoms with van der Waals surface area (Å²) in [5, 5.41) is 11.2. The maximum absolute atomic E-state index is 11.6. The van der Waals surface area contributed by atoms with Gasteiger partial charge in [0.15, 0.2) is 18.0 Å². The maximum atomic E-state index is 11.6. The number of pyridine rings is 1. The van der Waals surface area contributed by atoms with Crippen LogP contribution in [0.1, 0.15) is 5.69 Å². The monoisotopic (exact) mass is 293 g/mol. The second-order valence-electron chi connectivity index (χ2n) is 4.46. The summed E-state index contributed by atoms with van der Waals surface area (Å²) < 4.78 is 12.4. The Kier molecular flexibility index (Phi) is 5.53. The molecule has 2 rings (SSSR count). The molecule has 114 valence electrons. The molecule has 0 saturated carbocycles. The van der Waals surface area contributed by atoms with Gasteiger partial charge in [0.25, 0.3) is 5.91 Å². The zero-order valence-electron chi connectivity index (χ0n) is 11.9. The molecule has 7 nitrogen and oxygen atoms in total. The fraction of sp³-hybridized carbons (Fsp3) is 0.429. The fourth-order valence-electron chi connectivity index (χ4n) is 1.85. The van der Waals surface area contributed by atoms with Crippen LogP contribution in [0.25, 0.3) is 5.65 Å². The van der Waals surface area contributed by atoms with E-state index in [0.29, 0.717) is 24.5 Å². The van der Waals surface area contributed by atoms with Crippen molar-refractivity contribution in [2.24, 2.45) is 0 Å². The third-order valence-electron chi connectivity index (χ3n) is 2.73. The average Bonchev–Trinajstić information content (AvgIpc) is 2.85. The van der Waals surface area contributed by atoms with Gasteiger partial charge in [-0.05, 0) is 19.1 Å². The third kappa shape index (κ3) is 4.44. The van der Waals surface area contributed by atoms with Crippen molar-refractivity contribution in [1.29, 1.82) is 0 Å². The molecule has 7 heteroatoms. The van der Waals surface area contributed by atoms with Crippen LogP contribution < -0.4 is 10.1 Å². The van der Waals surface area contributed by atoms with Gasteiger partial charge in [0.05, 0.1) is 25.5 Å². The predicted octanol–water partition coefficient (Wildman–Crippen LogP) is 0.147. The van der Waals surface area contributed by atoms with Crippen molar-refractivity contribution in [3.05, 3.63) is 30.2 Å². The first-order valence-electron chi connectivity index (χ1n) is 6.73. The van der Waals surface area contributed by atoms with Gasteiger partial charge in [-0.1, -0.05) is 0 Å². The summed E-state index contributed by atoms with van der Waals surface area (Å²) in [6, 6.07) is 3.61. The number of aryl methyl sites for hydroxylation is 1. The number of hydrogen-bond acceptors (Lipinski definition) is 5. The van der Waals surface area contributed by atoms with Gasteiger partial charge in [-0.2, -0.15) is 0 Å². The van der Waals surface area contributed by atoms with E-state index >= 15 is 0 Å². The molecule has 0 aliphatic heterocycles. The van der Waals surface area contributed by atoms with Gasteiger partial charge in [-0.3, -0.25) is 4.79 Å². The minimum absolute atomic E-state index is 0.0230. The minimum Gasteiger partial charge on any atom is -0.480 e. The topological polar surface area (TPSA) is 85.1 Å². The summed E-state index contributed by atoms with van der Waals surface area (Å²) >= 11 is 0. The number of imidazole rings is 1. The summed E-state index contributed by atoms with van der Waals surface area (Å²) in [6.45, 7) is 2.82. The molecule has 0 aliphatic carbocycles. The summed E-state index contributed by atoms with van der Waals surface area (Å²) in [6.07, 6.45) is 3.77. The van der Waals surface area contributed by atoms with Crippen LogP contribution in [0.5, 0.6) is 5.75 Å². The summed E-state index contributed by atoms with van der Waals surface area (Å²) in [4.78, 5) is 16.0. The standard InChI is InChI=1S/C14H19N3O4/c1-11-9-17-5-2-3-12(14(17)16-11)21-10-13(19)15-4-7-20-8-6-18/h2-3,5,9,18H,4,6-8,10H2,1H3,(H,15,19). The number of aliphatic hydroxyl groups excluding tert-OH is 1.